The highest BCUT2D eigenvalue weighted by molar-refractivity contribution is 5.70. The summed E-state index contributed by atoms with van der Waals surface area (Å²) in [6.07, 6.45) is 3.49. The molecule has 1 N–H and O–H groups in total. The van der Waals surface area contributed by atoms with Crippen LogP contribution in [0, 0.1) is 5.92 Å². The number of hydrogen-bond donors (Lipinski definition) is 1. The van der Waals surface area contributed by atoms with Gasteiger partial charge in [0.1, 0.15) is 12.2 Å². The maximum atomic E-state index is 11.0. The van der Waals surface area contributed by atoms with Crippen molar-refractivity contribution in [2.45, 2.75) is 46.1 Å². The van der Waals surface area contributed by atoms with Gasteiger partial charge in [0.05, 0.1) is 5.92 Å². The van der Waals surface area contributed by atoms with Gasteiger partial charge in [-0.15, -0.1) is 0 Å². The molecule has 0 aliphatic rings. The highest BCUT2D eigenvalue weighted by atomic mass is 16.4. The number of hydrogen-bond acceptors (Lipinski definition) is 3. The van der Waals surface area contributed by atoms with E-state index in [9.17, 15) is 4.79 Å². The van der Waals surface area contributed by atoms with E-state index in [1.54, 1.807) is 4.68 Å². The van der Waals surface area contributed by atoms with Gasteiger partial charge in [0.15, 0.2) is 0 Å². The third-order valence-corrected chi connectivity index (χ3v) is 2.55. The van der Waals surface area contributed by atoms with Crippen LogP contribution >= 0.6 is 0 Å². The van der Waals surface area contributed by atoms with Gasteiger partial charge in [-0.05, 0) is 20.3 Å². The molecule has 1 aromatic heterocycles. The van der Waals surface area contributed by atoms with E-state index in [1.807, 2.05) is 20.8 Å². The van der Waals surface area contributed by atoms with E-state index in [0.717, 1.165) is 12.2 Å². The summed E-state index contributed by atoms with van der Waals surface area (Å²) in [5.74, 6) is -0.345. The first kappa shape index (κ1) is 12.7. The van der Waals surface area contributed by atoms with Gasteiger partial charge in [-0.3, -0.25) is 4.79 Å². The topological polar surface area (TPSA) is 68.0 Å². The first-order valence-corrected chi connectivity index (χ1v) is 5.67. The molecule has 1 heterocycles. The van der Waals surface area contributed by atoms with Gasteiger partial charge in [-0.2, -0.15) is 5.10 Å². The van der Waals surface area contributed by atoms with Crippen molar-refractivity contribution in [3.63, 3.8) is 0 Å². The van der Waals surface area contributed by atoms with Crippen LogP contribution in [0.3, 0.4) is 0 Å². The normalized spacial score (nSPS) is 13.0. The van der Waals surface area contributed by atoms with Gasteiger partial charge in [-0.1, -0.05) is 13.3 Å². The van der Waals surface area contributed by atoms with Gasteiger partial charge >= 0.3 is 5.97 Å². The molecule has 1 unspecified atom stereocenters. The van der Waals surface area contributed by atoms with Crippen LogP contribution in [0.1, 0.15) is 45.5 Å². The quantitative estimate of drug-likeness (QED) is 0.802. The van der Waals surface area contributed by atoms with E-state index in [1.165, 1.54) is 6.33 Å². The lowest BCUT2D eigenvalue weighted by Gasteiger charge is -2.13. The fourth-order valence-corrected chi connectivity index (χ4v) is 1.73. The summed E-state index contributed by atoms with van der Waals surface area (Å²) >= 11 is 0. The number of carboxylic acids is 1. The van der Waals surface area contributed by atoms with Crippen molar-refractivity contribution >= 4 is 5.97 Å². The highest BCUT2D eigenvalue weighted by Crippen LogP contribution is 2.15. The Morgan fingerprint density at radius 2 is 2.25 bits per heavy atom. The molecule has 0 radical (unpaired) electrons. The van der Waals surface area contributed by atoms with Crippen molar-refractivity contribution in [2.75, 3.05) is 0 Å². The van der Waals surface area contributed by atoms with Crippen molar-refractivity contribution in [2.24, 2.45) is 5.92 Å². The van der Waals surface area contributed by atoms with E-state index in [0.29, 0.717) is 12.8 Å². The Bertz CT molecular complexity index is 347. The molecular weight excluding hydrogens is 206 g/mol. The monoisotopic (exact) mass is 225 g/mol. The first-order chi connectivity index (χ1) is 7.56. The Hall–Kier alpha value is -1.39. The maximum absolute atomic E-state index is 11.0. The lowest BCUT2D eigenvalue weighted by Crippen LogP contribution is -2.19. The summed E-state index contributed by atoms with van der Waals surface area (Å²) in [6.45, 7) is 6.00. The first-order valence-electron chi connectivity index (χ1n) is 5.67. The Morgan fingerprint density at radius 1 is 1.56 bits per heavy atom. The molecule has 90 valence electrons. The van der Waals surface area contributed by atoms with Crippen molar-refractivity contribution in [3.05, 3.63) is 12.2 Å². The number of carboxylic acid groups (broad SMARTS) is 1. The molecule has 5 nitrogen and oxygen atoms in total. The van der Waals surface area contributed by atoms with Crippen LogP contribution in [-0.2, 0) is 11.2 Å². The molecule has 0 saturated carbocycles. The molecule has 0 bridgehead atoms. The molecule has 5 heteroatoms. The van der Waals surface area contributed by atoms with Crippen LogP contribution in [0.4, 0.5) is 0 Å². The van der Waals surface area contributed by atoms with Crippen LogP contribution in [-0.4, -0.2) is 25.8 Å². The zero-order valence-electron chi connectivity index (χ0n) is 10.1. The predicted molar refractivity (Wildman–Crippen MR) is 60.1 cm³/mol. The van der Waals surface area contributed by atoms with E-state index in [4.69, 9.17) is 5.11 Å². The van der Waals surface area contributed by atoms with Crippen LogP contribution in [0.15, 0.2) is 6.33 Å². The highest BCUT2D eigenvalue weighted by Gasteiger charge is 2.20. The number of carbonyl (C=O) groups is 1. The molecule has 0 spiro atoms. The second-order valence-electron chi connectivity index (χ2n) is 4.24. The molecule has 0 aliphatic carbocycles. The zero-order chi connectivity index (χ0) is 12.1. The number of rotatable bonds is 6. The summed E-state index contributed by atoms with van der Waals surface area (Å²) in [7, 11) is 0. The van der Waals surface area contributed by atoms with Crippen LogP contribution in [0.25, 0.3) is 0 Å². The minimum absolute atomic E-state index is 0.216. The van der Waals surface area contributed by atoms with E-state index in [2.05, 4.69) is 10.1 Å². The third-order valence-electron chi connectivity index (χ3n) is 2.55. The molecule has 0 aliphatic heterocycles. The summed E-state index contributed by atoms with van der Waals surface area (Å²) in [4.78, 5) is 15.2. The third kappa shape index (κ3) is 3.05. The summed E-state index contributed by atoms with van der Waals surface area (Å²) in [6, 6.07) is 0.216. The molecular formula is C11H19N3O2. The molecule has 0 amide bonds. The molecule has 0 saturated heterocycles. The lowest BCUT2D eigenvalue weighted by atomic mass is 9.99. The van der Waals surface area contributed by atoms with Crippen LogP contribution in [0.2, 0.25) is 0 Å². The Balaban J connectivity index is 2.77. The van der Waals surface area contributed by atoms with Crippen molar-refractivity contribution in [1.29, 1.82) is 0 Å². The summed E-state index contributed by atoms with van der Waals surface area (Å²) in [5.41, 5.74) is 0. The van der Waals surface area contributed by atoms with Gasteiger partial charge in [0.25, 0.3) is 0 Å². The van der Waals surface area contributed by atoms with E-state index in [-0.39, 0.29) is 12.0 Å². The van der Waals surface area contributed by atoms with Crippen molar-refractivity contribution < 1.29 is 9.90 Å². The largest absolute Gasteiger partial charge is 0.481 e. The molecule has 0 fully saturated rings. The Labute approximate surface area is 95.5 Å². The van der Waals surface area contributed by atoms with Crippen LogP contribution < -0.4 is 0 Å². The SMILES string of the molecule is CCCC(Cc1ncnn1C(C)C)C(=O)O. The van der Waals surface area contributed by atoms with Gasteiger partial charge in [0.2, 0.25) is 0 Å². The minimum Gasteiger partial charge on any atom is -0.481 e. The average molecular weight is 225 g/mol. The van der Waals surface area contributed by atoms with E-state index >= 15 is 0 Å². The standard InChI is InChI=1S/C11H19N3O2/c1-4-5-9(11(15)16)6-10-12-7-13-14(10)8(2)3/h7-9H,4-6H2,1-3H3,(H,15,16). The second kappa shape index (κ2) is 5.63. The van der Waals surface area contributed by atoms with Crippen molar-refractivity contribution in [3.8, 4) is 0 Å². The van der Waals surface area contributed by atoms with Crippen LogP contribution in [0.5, 0.6) is 0 Å². The zero-order valence-corrected chi connectivity index (χ0v) is 10.1. The van der Waals surface area contributed by atoms with Crippen molar-refractivity contribution in [1.82, 2.24) is 14.8 Å². The fourth-order valence-electron chi connectivity index (χ4n) is 1.73. The van der Waals surface area contributed by atoms with Gasteiger partial charge in [-0.25, -0.2) is 9.67 Å². The molecule has 1 aromatic rings. The number of nitrogens with zero attached hydrogens (tertiary/aromatic N) is 3. The Kier molecular flexibility index (Phi) is 4.46. The Morgan fingerprint density at radius 3 is 2.75 bits per heavy atom. The van der Waals surface area contributed by atoms with E-state index < -0.39 is 5.97 Å². The smallest absolute Gasteiger partial charge is 0.306 e. The maximum Gasteiger partial charge on any atom is 0.306 e. The fraction of sp³-hybridized carbons (Fsp3) is 0.727. The number of aliphatic carboxylic acids is 1. The van der Waals surface area contributed by atoms with Gasteiger partial charge in [0, 0.05) is 12.5 Å². The second-order valence-corrected chi connectivity index (χ2v) is 4.24. The lowest BCUT2D eigenvalue weighted by molar-refractivity contribution is -0.142. The van der Waals surface area contributed by atoms with Gasteiger partial charge < -0.3 is 5.11 Å². The average Bonchev–Trinajstić information content (AvgIpc) is 2.65. The molecule has 1 atom stereocenters. The molecule has 1 rings (SSSR count). The molecule has 0 aromatic carbocycles. The summed E-state index contributed by atoms with van der Waals surface area (Å²) < 4.78 is 1.78. The predicted octanol–water partition coefficient (Wildman–Crippen LogP) is 1.90. The number of aromatic nitrogens is 3. The minimum atomic E-state index is -0.750. The molecule has 16 heavy (non-hydrogen) atoms. The summed E-state index contributed by atoms with van der Waals surface area (Å²) in [5, 5.41) is 13.2.